The van der Waals surface area contributed by atoms with Crippen LogP contribution in [0.15, 0.2) is 10.9 Å². The van der Waals surface area contributed by atoms with E-state index in [4.69, 9.17) is 22.0 Å². The summed E-state index contributed by atoms with van der Waals surface area (Å²) >= 11 is 0. The summed E-state index contributed by atoms with van der Waals surface area (Å²) in [6.45, 7) is 0.861. The molecule has 1 unspecified atom stereocenters. The van der Waals surface area contributed by atoms with Crippen molar-refractivity contribution >= 4 is 5.82 Å². The average molecular weight is 283 g/mol. The lowest BCUT2D eigenvalue weighted by atomic mass is 9.97. The smallest absolute Gasteiger partial charge is 0.351 e. The minimum absolute atomic E-state index is 0.0221. The number of nitrogens with two attached hydrogens (primary N) is 1. The number of ether oxygens (including phenoxy) is 1. The van der Waals surface area contributed by atoms with Gasteiger partial charge in [0.1, 0.15) is 18.0 Å². The number of aromatic nitrogens is 2. The highest BCUT2D eigenvalue weighted by molar-refractivity contribution is 5.29. The molecule has 20 heavy (non-hydrogen) atoms. The van der Waals surface area contributed by atoms with Crippen molar-refractivity contribution in [3.8, 4) is 12.3 Å². The Bertz CT molecular complexity index is 626. The summed E-state index contributed by atoms with van der Waals surface area (Å²) in [4.78, 5) is 15.3. The molecule has 4 N–H and O–H groups in total. The van der Waals surface area contributed by atoms with Gasteiger partial charge in [-0.05, 0) is 13.0 Å². The number of alkyl halides is 1. The summed E-state index contributed by atoms with van der Waals surface area (Å²) in [6, 6.07) is 1.35. The molecule has 0 radical (unpaired) electrons. The highest BCUT2D eigenvalue weighted by Gasteiger charge is 2.57. The van der Waals surface area contributed by atoms with Gasteiger partial charge in [-0.3, -0.25) is 4.57 Å². The predicted molar refractivity (Wildman–Crippen MR) is 67.3 cm³/mol. The molecule has 7 nitrogen and oxygen atoms in total. The van der Waals surface area contributed by atoms with Crippen molar-refractivity contribution in [1.82, 2.24) is 9.55 Å². The van der Waals surface area contributed by atoms with Crippen LogP contribution in [0.1, 0.15) is 11.9 Å². The van der Waals surface area contributed by atoms with Gasteiger partial charge in [0.05, 0.1) is 6.61 Å². The van der Waals surface area contributed by atoms with E-state index in [-0.39, 0.29) is 11.5 Å². The average Bonchev–Trinajstić information content (AvgIpc) is 2.63. The maximum Gasteiger partial charge on any atom is 0.351 e. The van der Waals surface area contributed by atoms with Crippen LogP contribution in [0, 0.1) is 19.3 Å². The lowest BCUT2D eigenvalue weighted by molar-refractivity contribution is -0.0551. The van der Waals surface area contributed by atoms with Crippen LogP contribution in [0.3, 0.4) is 0 Å². The minimum atomic E-state index is -2.65. The van der Waals surface area contributed by atoms with E-state index in [9.17, 15) is 14.3 Å². The normalized spacial score (nSPS) is 33.0. The molecule has 4 atom stereocenters. The van der Waals surface area contributed by atoms with Gasteiger partial charge in [0.25, 0.3) is 0 Å². The SMILES string of the molecule is C#CC1(F)[C@@H](O)[C@@H](CO)O[C@H]1n1c(C)cc(N)nc1=O. The lowest BCUT2D eigenvalue weighted by Gasteiger charge is -2.25. The van der Waals surface area contributed by atoms with Gasteiger partial charge in [-0.2, -0.15) is 4.98 Å². The Balaban J connectivity index is 2.58. The van der Waals surface area contributed by atoms with Gasteiger partial charge in [-0.1, -0.05) is 5.92 Å². The van der Waals surface area contributed by atoms with Gasteiger partial charge in [-0.15, -0.1) is 6.42 Å². The molecule has 1 saturated heterocycles. The van der Waals surface area contributed by atoms with E-state index in [1.165, 1.54) is 13.0 Å². The first-order valence-electron chi connectivity index (χ1n) is 5.82. The zero-order chi connectivity index (χ0) is 15.1. The van der Waals surface area contributed by atoms with Crippen molar-refractivity contribution in [3.05, 3.63) is 22.2 Å². The van der Waals surface area contributed by atoms with Gasteiger partial charge >= 0.3 is 5.69 Å². The molecule has 1 aromatic heterocycles. The van der Waals surface area contributed by atoms with E-state index in [1.54, 1.807) is 5.92 Å². The summed E-state index contributed by atoms with van der Waals surface area (Å²) in [5, 5.41) is 18.9. The Morgan fingerprint density at radius 2 is 2.40 bits per heavy atom. The van der Waals surface area contributed by atoms with Crippen LogP contribution in [0.25, 0.3) is 0 Å². The van der Waals surface area contributed by atoms with Gasteiger partial charge in [-0.25, -0.2) is 9.18 Å². The number of terminal acetylenes is 1. The number of nitrogen functional groups attached to an aromatic ring is 1. The van der Waals surface area contributed by atoms with Gasteiger partial charge in [0.15, 0.2) is 6.23 Å². The molecule has 2 rings (SSSR count). The summed E-state index contributed by atoms with van der Waals surface area (Å²) in [5.74, 6) is 1.78. The third-order valence-electron chi connectivity index (χ3n) is 3.25. The fourth-order valence-electron chi connectivity index (χ4n) is 2.22. The highest BCUT2D eigenvalue weighted by Crippen LogP contribution is 2.40. The van der Waals surface area contributed by atoms with Crippen molar-refractivity contribution in [3.63, 3.8) is 0 Å². The number of nitrogens with zero attached hydrogens (tertiary/aromatic N) is 2. The molecule has 0 amide bonds. The van der Waals surface area contributed by atoms with E-state index in [2.05, 4.69) is 4.98 Å². The number of aryl methyl sites for hydroxylation is 1. The third-order valence-corrected chi connectivity index (χ3v) is 3.25. The second-order valence-electron chi connectivity index (χ2n) is 4.54. The standard InChI is InChI=1S/C12H14FN3O4/c1-3-12(13)9(18)7(5-17)20-10(12)16-6(2)4-8(14)15-11(16)19/h1,4,7,9-10,17-18H,5H2,2H3,(H2,14,15,19)/t7-,9+,10-,12?/m1/s1. The largest absolute Gasteiger partial charge is 0.394 e. The minimum Gasteiger partial charge on any atom is -0.394 e. The van der Waals surface area contributed by atoms with E-state index in [0.717, 1.165) is 4.57 Å². The Hall–Kier alpha value is -1.95. The van der Waals surface area contributed by atoms with Crippen molar-refractivity contribution in [2.45, 2.75) is 31.0 Å². The van der Waals surface area contributed by atoms with E-state index in [0.29, 0.717) is 0 Å². The molecule has 108 valence electrons. The molecule has 0 spiro atoms. The van der Waals surface area contributed by atoms with Crippen LogP contribution >= 0.6 is 0 Å². The van der Waals surface area contributed by atoms with E-state index < -0.39 is 36.4 Å². The topological polar surface area (TPSA) is 111 Å². The highest BCUT2D eigenvalue weighted by atomic mass is 19.1. The van der Waals surface area contributed by atoms with Crippen LogP contribution < -0.4 is 11.4 Å². The molecule has 2 heterocycles. The molecule has 8 heteroatoms. The molecule has 0 aromatic carbocycles. The summed E-state index contributed by atoms with van der Waals surface area (Å²) < 4.78 is 20.8. The summed E-state index contributed by atoms with van der Waals surface area (Å²) in [6.07, 6.45) is 0.553. The molecule has 1 aromatic rings. The first-order chi connectivity index (χ1) is 9.35. The zero-order valence-electron chi connectivity index (χ0n) is 10.7. The van der Waals surface area contributed by atoms with Crippen LogP contribution in [-0.2, 0) is 4.74 Å². The zero-order valence-corrected chi connectivity index (χ0v) is 10.7. The summed E-state index contributed by atoms with van der Waals surface area (Å²) in [7, 11) is 0. The number of rotatable bonds is 2. The molecular weight excluding hydrogens is 269 g/mol. The van der Waals surface area contributed by atoms with E-state index in [1.807, 2.05) is 0 Å². The van der Waals surface area contributed by atoms with Crippen molar-refractivity contribution in [2.24, 2.45) is 0 Å². The van der Waals surface area contributed by atoms with Crippen LogP contribution in [0.5, 0.6) is 0 Å². The Morgan fingerprint density at radius 1 is 1.75 bits per heavy atom. The van der Waals surface area contributed by atoms with Gasteiger partial charge in [0.2, 0.25) is 5.67 Å². The summed E-state index contributed by atoms with van der Waals surface area (Å²) in [5.41, 5.74) is 2.19. The number of hydrogen-bond donors (Lipinski definition) is 3. The molecule has 0 saturated carbocycles. The number of halogens is 1. The number of anilines is 1. The van der Waals surface area contributed by atoms with Crippen molar-refractivity contribution in [2.75, 3.05) is 12.3 Å². The Morgan fingerprint density at radius 3 is 2.90 bits per heavy atom. The molecule has 0 bridgehead atoms. The van der Waals surface area contributed by atoms with E-state index >= 15 is 0 Å². The maximum atomic E-state index is 14.7. The number of aliphatic hydroxyl groups is 2. The number of aliphatic hydroxyl groups excluding tert-OH is 2. The first-order valence-corrected chi connectivity index (χ1v) is 5.82. The Kier molecular flexibility index (Phi) is 3.52. The fraction of sp³-hybridized carbons (Fsp3) is 0.500. The predicted octanol–water partition coefficient (Wildman–Crippen LogP) is -1.27. The van der Waals surface area contributed by atoms with Crippen molar-refractivity contribution in [1.29, 1.82) is 0 Å². The second-order valence-corrected chi connectivity index (χ2v) is 4.54. The van der Waals surface area contributed by atoms with Crippen LogP contribution in [-0.4, -0.2) is 44.2 Å². The molecule has 0 aliphatic carbocycles. The monoisotopic (exact) mass is 283 g/mol. The van der Waals surface area contributed by atoms with Crippen LogP contribution in [0.2, 0.25) is 0 Å². The van der Waals surface area contributed by atoms with Crippen molar-refractivity contribution < 1.29 is 19.3 Å². The lowest BCUT2D eigenvalue weighted by Crippen LogP contribution is -2.44. The fourth-order valence-corrected chi connectivity index (χ4v) is 2.22. The molecule has 1 aliphatic rings. The van der Waals surface area contributed by atoms with Crippen LogP contribution in [0.4, 0.5) is 10.2 Å². The molecule has 1 aliphatic heterocycles. The maximum absolute atomic E-state index is 14.7. The quantitative estimate of drug-likeness (QED) is 0.583. The first kappa shape index (κ1) is 14.5. The molecule has 1 fully saturated rings. The van der Waals surface area contributed by atoms with Gasteiger partial charge in [0, 0.05) is 5.69 Å². The van der Waals surface area contributed by atoms with Gasteiger partial charge < -0.3 is 20.7 Å². The number of hydrogen-bond acceptors (Lipinski definition) is 6. The third kappa shape index (κ3) is 1.96. The Labute approximate surface area is 113 Å². The molecular formula is C12H14FN3O4. The second kappa shape index (κ2) is 4.86.